The van der Waals surface area contributed by atoms with Crippen molar-refractivity contribution >= 4 is 33.3 Å². The number of hydrogen-bond donors (Lipinski definition) is 1. The van der Waals surface area contributed by atoms with Crippen molar-refractivity contribution in [3.63, 3.8) is 0 Å². The molecule has 1 aromatic rings. The molecule has 0 atom stereocenters. The molecule has 0 saturated carbocycles. The highest BCUT2D eigenvalue weighted by Gasteiger charge is 2.40. The van der Waals surface area contributed by atoms with E-state index in [1.54, 1.807) is 13.8 Å². The number of carbonyl (C=O) groups excluding carboxylic acids is 2. The summed E-state index contributed by atoms with van der Waals surface area (Å²) in [4.78, 5) is 25.8. The van der Waals surface area contributed by atoms with Crippen LogP contribution in [0.5, 0.6) is 0 Å². The van der Waals surface area contributed by atoms with Gasteiger partial charge in [0.2, 0.25) is 11.8 Å². The van der Waals surface area contributed by atoms with Gasteiger partial charge in [-0.2, -0.15) is 0 Å². The van der Waals surface area contributed by atoms with E-state index in [2.05, 4.69) is 5.32 Å². The zero-order valence-electron chi connectivity index (χ0n) is 13.0. The zero-order valence-corrected chi connectivity index (χ0v) is 14.6. The number of piperazine rings is 1. The van der Waals surface area contributed by atoms with Gasteiger partial charge in [-0.3, -0.25) is 9.59 Å². The highest BCUT2D eigenvalue weighted by molar-refractivity contribution is 7.91. The van der Waals surface area contributed by atoms with Crippen molar-refractivity contribution in [3.05, 3.63) is 29.3 Å². The summed E-state index contributed by atoms with van der Waals surface area (Å²) in [6.07, 6.45) is -0.165. The molecular weight excluding hydrogens is 340 g/mol. The van der Waals surface area contributed by atoms with E-state index in [4.69, 9.17) is 11.6 Å². The largest absolute Gasteiger partial charge is 0.352 e. The second-order valence-corrected chi connectivity index (χ2v) is 8.43. The highest BCUT2D eigenvalue weighted by atomic mass is 35.5. The third kappa shape index (κ3) is 3.84. The highest BCUT2D eigenvalue weighted by Crippen LogP contribution is 2.20. The number of benzene rings is 1. The Bertz CT molecular complexity index is 713. The molecule has 0 bridgehead atoms. The molecule has 1 heterocycles. The molecule has 0 aliphatic carbocycles. The Morgan fingerprint density at radius 1 is 1.30 bits per heavy atom. The maximum absolute atomic E-state index is 12.4. The molecule has 1 aliphatic rings. The number of hydrogen-bond acceptors (Lipinski definition) is 4. The first-order valence-electron chi connectivity index (χ1n) is 7.22. The van der Waals surface area contributed by atoms with E-state index in [1.165, 1.54) is 29.2 Å². The van der Waals surface area contributed by atoms with E-state index in [-0.39, 0.29) is 28.9 Å². The van der Waals surface area contributed by atoms with Crippen LogP contribution in [0.2, 0.25) is 5.02 Å². The normalized spacial score (nSPS) is 17.7. The molecular formula is C15H19ClN2O4S. The first-order chi connectivity index (χ1) is 10.6. The number of carbonyl (C=O) groups is 2. The Morgan fingerprint density at radius 2 is 1.91 bits per heavy atom. The van der Waals surface area contributed by atoms with Crippen molar-refractivity contribution in [3.8, 4) is 0 Å². The second kappa shape index (κ2) is 6.49. The lowest BCUT2D eigenvalue weighted by Gasteiger charge is -2.41. The fraction of sp³-hybridized carbons (Fsp3) is 0.467. The minimum atomic E-state index is -3.57. The molecule has 2 amide bonds. The number of amides is 2. The first kappa shape index (κ1) is 17.7. The van der Waals surface area contributed by atoms with Crippen LogP contribution in [0.3, 0.4) is 0 Å². The lowest BCUT2D eigenvalue weighted by atomic mass is 9.98. The second-order valence-electron chi connectivity index (χ2n) is 5.88. The third-order valence-electron chi connectivity index (χ3n) is 3.91. The average molecular weight is 359 g/mol. The van der Waals surface area contributed by atoms with Crippen molar-refractivity contribution in [2.24, 2.45) is 0 Å². The summed E-state index contributed by atoms with van der Waals surface area (Å²) in [5, 5.41) is 3.14. The Labute approximate surface area is 140 Å². The summed E-state index contributed by atoms with van der Waals surface area (Å²) >= 11 is 5.74. The average Bonchev–Trinajstić information content (AvgIpc) is 2.48. The maximum Gasteiger partial charge on any atom is 0.245 e. The summed E-state index contributed by atoms with van der Waals surface area (Å²) < 4.78 is 24.5. The van der Waals surface area contributed by atoms with E-state index in [0.29, 0.717) is 18.1 Å². The van der Waals surface area contributed by atoms with Gasteiger partial charge in [0.25, 0.3) is 0 Å². The standard InChI is InChI=1S/C15H19ClN2O4S/c1-15(2)14(20)17-8-9-18(15)13(19)7-10-23(21,22)12-5-3-11(16)4-6-12/h3-6H,7-10H2,1-2H3,(H,17,20). The zero-order chi connectivity index (χ0) is 17.3. The van der Waals surface area contributed by atoms with Gasteiger partial charge in [-0.25, -0.2) is 8.42 Å². The summed E-state index contributed by atoms with van der Waals surface area (Å²) in [7, 11) is -3.57. The summed E-state index contributed by atoms with van der Waals surface area (Å²) in [5.74, 6) is -0.887. The number of sulfone groups is 1. The Kier molecular flexibility index (Phi) is 5.01. The van der Waals surface area contributed by atoms with Gasteiger partial charge in [-0.1, -0.05) is 11.6 Å². The third-order valence-corrected chi connectivity index (χ3v) is 5.89. The van der Waals surface area contributed by atoms with Gasteiger partial charge >= 0.3 is 0 Å². The van der Waals surface area contributed by atoms with E-state index < -0.39 is 15.4 Å². The number of nitrogens with one attached hydrogen (secondary N) is 1. The molecule has 0 radical (unpaired) electrons. The van der Waals surface area contributed by atoms with Crippen LogP contribution in [0.4, 0.5) is 0 Å². The van der Waals surface area contributed by atoms with Crippen molar-refractivity contribution in [1.82, 2.24) is 10.2 Å². The Hall–Kier alpha value is -1.60. The predicted octanol–water partition coefficient (Wildman–Crippen LogP) is 1.24. The van der Waals surface area contributed by atoms with Crippen LogP contribution in [0, 0.1) is 0 Å². The minimum Gasteiger partial charge on any atom is -0.352 e. The number of nitrogens with zero attached hydrogens (tertiary/aromatic N) is 1. The molecule has 6 nitrogen and oxygen atoms in total. The molecule has 0 spiro atoms. The molecule has 2 rings (SSSR count). The smallest absolute Gasteiger partial charge is 0.245 e. The van der Waals surface area contributed by atoms with E-state index >= 15 is 0 Å². The molecule has 1 aliphatic heterocycles. The van der Waals surface area contributed by atoms with Gasteiger partial charge in [0, 0.05) is 24.5 Å². The van der Waals surface area contributed by atoms with Crippen LogP contribution in [-0.2, 0) is 19.4 Å². The topological polar surface area (TPSA) is 83.6 Å². The van der Waals surface area contributed by atoms with Gasteiger partial charge < -0.3 is 10.2 Å². The van der Waals surface area contributed by atoms with Crippen molar-refractivity contribution in [1.29, 1.82) is 0 Å². The van der Waals surface area contributed by atoms with Gasteiger partial charge in [0.05, 0.1) is 10.6 Å². The molecule has 1 fully saturated rings. The van der Waals surface area contributed by atoms with Crippen LogP contribution in [0.25, 0.3) is 0 Å². The van der Waals surface area contributed by atoms with Gasteiger partial charge in [-0.15, -0.1) is 0 Å². The summed E-state index contributed by atoms with van der Waals surface area (Å²) in [6.45, 7) is 4.04. The first-order valence-corrected chi connectivity index (χ1v) is 9.25. The van der Waals surface area contributed by atoms with E-state index in [0.717, 1.165) is 0 Å². The quantitative estimate of drug-likeness (QED) is 0.877. The monoisotopic (exact) mass is 358 g/mol. The lowest BCUT2D eigenvalue weighted by molar-refractivity contribution is -0.148. The van der Waals surface area contributed by atoms with Gasteiger partial charge in [0.1, 0.15) is 5.54 Å². The maximum atomic E-state index is 12.4. The van der Waals surface area contributed by atoms with E-state index in [1.807, 2.05) is 0 Å². The van der Waals surface area contributed by atoms with E-state index in [9.17, 15) is 18.0 Å². The van der Waals surface area contributed by atoms with Crippen LogP contribution in [0.15, 0.2) is 29.2 Å². The Balaban J connectivity index is 2.06. The van der Waals surface area contributed by atoms with Crippen LogP contribution in [0.1, 0.15) is 20.3 Å². The molecule has 23 heavy (non-hydrogen) atoms. The summed E-state index contributed by atoms with van der Waals surface area (Å²) in [6, 6.07) is 5.82. The fourth-order valence-electron chi connectivity index (χ4n) is 2.45. The molecule has 1 aromatic carbocycles. The van der Waals surface area contributed by atoms with Crippen molar-refractivity contribution in [2.45, 2.75) is 30.7 Å². The predicted molar refractivity (Wildman–Crippen MR) is 86.9 cm³/mol. The molecule has 8 heteroatoms. The fourth-order valence-corrected chi connectivity index (χ4v) is 3.81. The molecule has 1 N–H and O–H groups in total. The Morgan fingerprint density at radius 3 is 2.52 bits per heavy atom. The van der Waals surface area contributed by atoms with Crippen LogP contribution in [-0.4, -0.2) is 49.5 Å². The van der Waals surface area contributed by atoms with Crippen LogP contribution >= 0.6 is 11.6 Å². The lowest BCUT2D eigenvalue weighted by Crippen LogP contribution is -2.63. The molecule has 1 saturated heterocycles. The summed E-state index contributed by atoms with van der Waals surface area (Å²) in [5.41, 5.74) is -0.973. The van der Waals surface area contributed by atoms with Crippen molar-refractivity contribution < 1.29 is 18.0 Å². The number of halogens is 1. The van der Waals surface area contributed by atoms with Crippen molar-refractivity contribution in [2.75, 3.05) is 18.8 Å². The SMILES string of the molecule is CC1(C)C(=O)NCCN1C(=O)CCS(=O)(=O)c1ccc(Cl)cc1. The molecule has 126 valence electrons. The van der Waals surface area contributed by atoms with Crippen LogP contribution < -0.4 is 5.32 Å². The molecule has 0 aromatic heterocycles. The minimum absolute atomic E-state index is 0.130. The number of rotatable bonds is 4. The van der Waals surface area contributed by atoms with Gasteiger partial charge in [-0.05, 0) is 38.1 Å². The van der Waals surface area contributed by atoms with Gasteiger partial charge in [0.15, 0.2) is 9.84 Å². The molecule has 0 unspecified atom stereocenters.